The monoisotopic (exact) mass is 352 g/mol. The standard InChI is InChI=1S/C18H23F3N4/c1-9-23-17-7-25(8-18(17)24-9)10-2-3-11(16(22)4-10)12-5-14(20)15(21)6-13(12)19/h6,10-12,16H,2-5,7-8,22H2,1H3,(H,23,24)/t10-,11+,12?,16?/m0/s1. The summed E-state index contributed by atoms with van der Waals surface area (Å²) >= 11 is 0. The Hall–Kier alpha value is -1.60. The molecule has 0 bridgehead atoms. The molecule has 2 heterocycles. The first-order valence-corrected chi connectivity index (χ1v) is 8.87. The SMILES string of the molecule is Cc1nc2c([nH]1)CN([C@H]1CC[C@H](C3CC(F)=C(F)C=C3F)C(N)C1)C2. The average Bonchev–Trinajstić information content (AvgIpc) is 3.08. The van der Waals surface area contributed by atoms with E-state index >= 15 is 0 Å². The molecule has 3 N–H and O–H groups in total. The van der Waals surface area contributed by atoms with Gasteiger partial charge in [-0.25, -0.2) is 18.2 Å². The number of rotatable bonds is 2. The number of nitrogens with two attached hydrogens (primary N) is 1. The molecule has 3 aliphatic rings. The topological polar surface area (TPSA) is 57.9 Å². The molecule has 0 radical (unpaired) electrons. The summed E-state index contributed by atoms with van der Waals surface area (Å²) in [5, 5.41) is 0. The highest BCUT2D eigenvalue weighted by Gasteiger charge is 2.40. The van der Waals surface area contributed by atoms with Crippen LogP contribution in [0.4, 0.5) is 13.2 Å². The summed E-state index contributed by atoms with van der Waals surface area (Å²) in [6, 6.07) is 0.104. The lowest BCUT2D eigenvalue weighted by atomic mass is 9.72. The van der Waals surface area contributed by atoms with Gasteiger partial charge in [0.15, 0.2) is 5.83 Å². The Morgan fingerprint density at radius 2 is 2.04 bits per heavy atom. The first-order valence-electron chi connectivity index (χ1n) is 8.87. The minimum absolute atomic E-state index is 0.146. The van der Waals surface area contributed by atoms with E-state index in [1.807, 2.05) is 6.92 Å². The Morgan fingerprint density at radius 3 is 2.76 bits per heavy atom. The van der Waals surface area contributed by atoms with Gasteiger partial charge in [0.25, 0.3) is 0 Å². The molecule has 4 atom stereocenters. The van der Waals surface area contributed by atoms with Gasteiger partial charge in [0, 0.05) is 43.6 Å². The first kappa shape index (κ1) is 16.8. The molecule has 4 rings (SSSR count). The fourth-order valence-electron chi connectivity index (χ4n) is 4.65. The van der Waals surface area contributed by atoms with E-state index in [-0.39, 0.29) is 18.4 Å². The van der Waals surface area contributed by atoms with Gasteiger partial charge in [-0.05, 0) is 32.1 Å². The van der Waals surface area contributed by atoms with Crippen LogP contribution in [-0.2, 0) is 13.1 Å². The van der Waals surface area contributed by atoms with E-state index in [2.05, 4.69) is 14.9 Å². The molecule has 1 aromatic heterocycles. The number of fused-ring (bicyclic) bond motifs is 1. The Balaban J connectivity index is 1.40. The maximum atomic E-state index is 14.1. The Bertz CT molecular complexity index is 715. The number of aromatic amines is 1. The third kappa shape index (κ3) is 3.04. The minimum atomic E-state index is -1.09. The van der Waals surface area contributed by atoms with Crippen molar-refractivity contribution in [1.82, 2.24) is 14.9 Å². The molecule has 1 aromatic rings. The number of halogens is 3. The fraction of sp³-hybridized carbons (Fsp3) is 0.611. The number of hydrogen-bond acceptors (Lipinski definition) is 3. The second-order valence-electron chi connectivity index (χ2n) is 7.54. The van der Waals surface area contributed by atoms with E-state index in [1.54, 1.807) is 0 Å². The fourth-order valence-corrected chi connectivity index (χ4v) is 4.65. The molecule has 1 fully saturated rings. The van der Waals surface area contributed by atoms with Gasteiger partial charge >= 0.3 is 0 Å². The summed E-state index contributed by atoms with van der Waals surface area (Å²) in [7, 11) is 0. The zero-order valence-corrected chi connectivity index (χ0v) is 14.2. The molecule has 0 spiro atoms. The van der Waals surface area contributed by atoms with Crippen molar-refractivity contribution in [2.45, 2.75) is 57.8 Å². The molecule has 136 valence electrons. The number of allylic oxidation sites excluding steroid dienone is 4. The number of imidazole rings is 1. The molecular weight excluding hydrogens is 329 g/mol. The van der Waals surface area contributed by atoms with Crippen molar-refractivity contribution in [2.24, 2.45) is 17.6 Å². The molecule has 2 aliphatic carbocycles. The highest BCUT2D eigenvalue weighted by Crippen LogP contribution is 2.43. The van der Waals surface area contributed by atoms with Crippen LogP contribution in [0, 0.1) is 18.8 Å². The van der Waals surface area contributed by atoms with Gasteiger partial charge < -0.3 is 10.7 Å². The smallest absolute Gasteiger partial charge is 0.157 e. The molecule has 25 heavy (non-hydrogen) atoms. The Kier molecular flexibility index (Phi) is 4.24. The maximum Gasteiger partial charge on any atom is 0.157 e. The first-order chi connectivity index (χ1) is 11.9. The second-order valence-corrected chi connectivity index (χ2v) is 7.54. The molecule has 7 heteroatoms. The molecular formula is C18H23F3N4. The van der Waals surface area contributed by atoms with Gasteiger partial charge in [0.2, 0.25) is 0 Å². The lowest BCUT2D eigenvalue weighted by Gasteiger charge is -2.41. The summed E-state index contributed by atoms with van der Waals surface area (Å²) in [6.07, 6.45) is 2.83. The lowest BCUT2D eigenvalue weighted by molar-refractivity contribution is 0.0982. The van der Waals surface area contributed by atoms with Gasteiger partial charge in [-0.3, -0.25) is 4.90 Å². The van der Waals surface area contributed by atoms with Crippen molar-refractivity contribution in [2.75, 3.05) is 0 Å². The van der Waals surface area contributed by atoms with Crippen LogP contribution < -0.4 is 5.73 Å². The van der Waals surface area contributed by atoms with E-state index in [1.165, 1.54) is 0 Å². The zero-order valence-electron chi connectivity index (χ0n) is 14.2. The third-order valence-electron chi connectivity index (χ3n) is 5.93. The van der Waals surface area contributed by atoms with Crippen LogP contribution in [0.3, 0.4) is 0 Å². The van der Waals surface area contributed by atoms with Crippen LogP contribution in [0.25, 0.3) is 0 Å². The van der Waals surface area contributed by atoms with Crippen molar-refractivity contribution in [3.05, 3.63) is 40.8 Å². The normalized spacial score (nSPS) is 33.6. The number of nitrogens with zero attached hydrogens (tertiary/aromatic N) is 2. The molecule has 2 unspecified atom stereocenters. The van der Waals surface area contributed by atoms with Crippen molar-refractivity contribution < 1.29 is 13.2 Å². The van der Waals surface area contributed by atoms with Crippen molar-refractivity contribution in [1.29, 1.82) is 0 Å². The van der Waals surface area contributed by atoms with Crippen molar-refractivity contribution >= 4 is 0 Å². The van der Waals surface area contributed by atoms with Gasteiger partial charge in [0.1, 0.15) is 17.5 Å². The quantitative estimate of drug-likeness (QED) is 0.856. The molecule has 4 nitrogen and oxygen atoms in total. The van der Waals surface area contributed by atoms with E-state index in [0.717, 1.165) is 49.6 Å². The van der Waals surface area contributed by atoms with Gasteiger partial charge in [0.05, 0.1) is 11.4 Å². The number of H-pyrrole nitrogens is 1. The minimum Gasteiger partial charge on any atom is -0.345 e. The van der Waals surface area contributed by atoms with Crippen LogP contribution in [0.5, 0.6) is 0 Å². The maximum absolute atomic E-state index is 14.1. The Labute approximate surface area is 145 Å². The number of aromatic nitrogens is 2. The molecule has 1 saturated carbocycles. The zero-order chi connectivity index (χ0) is 17.7. The molecule has 1 aliphatic heterocycles. The van der Waals surface area contributed by atoms with Crippen LogP contribution in [-0.4, -0.2) is 27.0 Å². The van der Waals surface area contributed by atoms with Gasteiger partial charge in [-0.1, -0.05) is 0 Å². The number of hydrogen-bond donors (Lipinski definition) is 2. The second kappa shape index (κ2) is 6.29. The van der Waals surface area contributed by atoms with E-state index in [9.17, 15) is 13.2 Å². The molecule has 0 amide bonds. The summed E-state index contributed by atoms with van der Waals surface area (Å²) in [6.45, 7) is 3.59. The third-order valence-corrected chi connectivity index (χ3v) is 5.93. The average molecular weight is 352 g/mol. The predicted molar refractivity (Wildman–Crippen MR) is 88.2 cm³/mol. The van der Waals surface area contributed by atoms with Crippen molar-refractivity contribution in [3.8, 4) is 0 Å². The lowest BCUT2D eigenvalue weighted by Crippen LogP contribution is -2.47. The van der Waals surface area contributed by atoms with E-state index < -0.39 is 23.4 Å². The van der Waals surface area contributed by atoms with Crippen molar-refractivity contribution in [3.63, 3.8) is 0 Å². The van der Waals surface area contributed by atoms with Gasteiger partial charge in [-0.2, -0.15) is 0 Å². The summed E-state index contributed by atoms with van der Waals surface area (Å²) < 4.78 is 40.9. The number of nitrogens with one attached hydrogen (secondary N) is 1. The number of aryl methyl sites for hydroxylation is 1. The van der Waals surface area contributed by atoms with Crippen LogP contribution in [0.2, 0.25) is 0 Å². The highest BCUT2D eigenvalue weighted by atomic mass is 19.2. The van der Waals surface area contributed by atoms with Crippen LogP contribution in [0.1, 0.15) is 42.9 Å². The Morgan fingerprint density at radius 1 is 1.24 bits per heavy atom. The summed E-state index contributed by atoms with van der Waals surface area (Å²) in [4.78, 5) is 10.1. The van der Waals surface area contributed by atoms with Crippen LogP contribution >= 0.6 is 0 Å². The van der Waals surface area contributed by atoms with E-state index in [4.69, 9.17) is 5.73 Å². The van der Waals surface area contributed by atoms with Crippen LogP contribution in [0.15, 0.2) is 23.6 Å². The summed E-state index contributed by atoms with van der Waals surface area (Å²) in [5.41, 5.74) is 8.60. The predicted octanol–water partition coefficient (Wildman–Crippen LogP) is 3.55. The molecule has 0 saturated heterocycles. The van der Waals surface area contributed by atoms with E-state index in [0.29, 0.717) is 12.1 Å². The molecule has 0 aromatic carbocycles. The van der Waals surface area contributed by atoms with Gasteiger partial charge in [-0.15, -0.1) is 0 Å². The highest BCUT2D eigenvalue weighted by molar-refractivity contribution is 5.26. The summed E-state index contributed by atoms with van der Waals surface area (Å²) in [5.74, 6) is -2.36. The largest absolute Gasteiger partial charge is 0.345 e.